The fraction of sp³-hybridized carbons (Fsp3) is 0.471. The number of nitrogens with one attached hydrogen (secondary N) is 1. The monoisotopic (exact) mass is 347 g/mol. The average Bonchev–Trinajstić information content (AvgIpc) is 3.03. The van der Waals surface area contributed by atoms with E-state index in [2.05, 4.69) is 15.4 Å². The molecule has 3 rings (SSSR count). The molecule has 2 amide bonds. The van der Waals surface area contributed by atoms with E-state index >= 15 is 0 Å². The van der Waals surface area contributed by atoms with Crippen molar-refractivity contribution < 1.29 is 13.9 Å². The Morgan fingerprint density at radius 1 is 1.48 bits per heavy atom. The zero-order chi connectivity index (χ0) is 18.0. The predicted molar refractivity (Wildman–Crippen MR) is 89.4 cm³/mol. The Balaban J connectivity index is 1.74. The summed E-state index contributed by atoms with van der Waals surface area (Å²) < 4.78 is 20.9. The molecule has 1 fully saturated rings. The van der Waals surface area contributed by atoms with Gasteiger partial charge in [0.25, 0.3) is 0 Å². The Morgan fingerprint density at radius 3 is 2.96 bits per heavy atom. The maximum Gasteiger partial charge on any atom is 0.318 e. The summed E-state index contributed by atoms with van der Waals surface area (Å²) in [6, 6.07) is 4.14. The van der Waals surface area contributed by atoms with Gasteiger partial charge in [0.2, 0.25) is 0 Å². The van der Waals surface area contributed by atoms with Gasteiger partial charge < -0.3 is 15.0 Å². The largest absolute Gasteiger partial charge is 0.377 e. The van der Waals surface area contributed by atoms with Gasteiger partial charge in [-0.2, -0.15) is 5.10 Å². The van der Waals surface area contributed by atoms with Gasteiger partial charge in [-0.25, -0.2) is 14.2 Å². The number of benzene rings is 1. The molecule has 1 aromatic carbocycles. The third-order valence-electron chi connectivity index (χ3n) is 4.47. The van der Waals surface area contributed by atoms with Crippen molar-refractivity contribution in [2.75, 3.05) is 19.8 Å². The molecular weight excluding hydrogens is 325 g/mol. The molecule has 1 saturated heterocycles. The molecular formula is C17H22FN5O2. The van der Waals surface area contributed by atoms with E-state index in [1.54, 1.807) is 29.6 Å². The number of aromatic nitrogens is 3. The van der Waals surface area contributed by atoms with Crippen LogP contribution in [0.1, 0.15) is 36.0 Å². The molecule has 2 atom stereocenters. The van der Waals surface area contributed by atoms with Crippen LogP contribution in [0.3, 0.4) is 0 Å². The second-order valence-corrected chi connectivity index (χ2v) is 6.21. The smallest absolute Gasteiger partial charge is 0.318 e. The van der Waals surface area contributed by atoms with E-state index in [1.165, 1.54) is 12.4 Å². The molecule has 8 heteroatoms. The summed E-state index contributed by atoms with van der Waals surface area (Å²) in [6.07, 6.45) is 1.46. The van der Waals surface area contributed by atoms with Gasteiger partial charge in [-0.3, -0.25) is 4.68 Å². The Kier molecular flexibility index (Phi) is 4.98. The van der Waals surface area contributed by atoms with Gasteiger partial charge in [0, 0.05) is 13.6 Å². The molecule has 7 nitrogen and oxygen atoms in total. The van der Waals surface area contributed by atoms with Crippen molar-refractivity contribution in [3.63, 3.8) is 0 Å². The molecule has 1 aromatic heterocycles. The fourth-order valence-corrected chi connectivity index (χ4v) is 2.90. The van der Waals surface area contributed by atoms with Gasteiger partial charge in [-0.05, 0) is 31.0 Å². The summed E-state index contributed by atoms with van der Waals surface area (Å²) in [5.74, 6) is 0.394. The number of nitrogens with zero attached hydrogens (tertiary/aromatic N) is 4. The molecule has 1 aliphatic rings. The van der Waals surface area contributed by atoms with Crippen molar-refractivity contribution in [2.24, 2.45) is 7.05 Å². The van der Waals surface area contributed by atoms with E-state index in [-0.39, 0.29) is 23.9 Å². The number of carbonyl (C=O) groups excluding carboxylic acids is 1. The Hall–Kier alpha value is -2.48. The molecule has 134 valence electrons. The Bertz CT molecular complexity index is 763. The number of rotatable bonds is 3. The number of urea groups is 1. The molecule has 2 aromatic rings. The van der Waals surface area contributed by atoms with Gasteiger partial charge in [0.1, 0.15) is 18.2 Å². The fourth-order valence-electron chi connectivity index (χ4n) is 2.90. The predicted octanol–water partition coefficient (Wildman–Crippen LogP) is 2.11. The molecule has 0 saturated carbocycles. The first-order valence-corrected chi connectivity index (χ1v) is 8.22. The lowest BCUT2D eigenvalue weighted by atomic mass is 10.1. The van der Waals surface area contributed by atoms with E-state index in [0.29, 0.717) is 31.1 Å². The lowest BCUT2D eigenvalue weighted by Crippen LogP contribution is -2.49. The lowest BCUT2D eigenvalue weighted by Gasteiger charge is -2.35. The van der Waals surface area contributed by atoms with Crippen molar-refractivity contribution in [1.82, 2.24) is 25.0 Å². The minimum absolute atomic E-state index is 0.232. The minimum Gasteiger partial charge on any atom is -0.377 e. The van der Waals surface area contributed by atoms with Crippen molar-refractivity contribution in [2.45, 2.75) is 25.9 Å². The number of carbonyl (C=O) groups is 1. The Morgan fingerprint density at radius 2 is 2.28 bits per heavy atom. The molecule has 0 spiro atoms. The van der Waals surface area contributed by atoms with Crippen molar-refractivity contribution in [1.29, 1.82) is 0 Å². The lowest BCUT2D eigenvalue weighted by molar-refractivity contribution is 0.00692. The van der Waals surface area contributed by atoms with Gasteiger partial charge in [-0.15, -0.1) is 0 Å². The van der Waals surface area contributed by atoms with Crippen LogP contribution < -0.4 is 5.32 Å². The van der Waals surface area contributed by atoms with Crippen LogP contribution in [0.15, 0.2) is 24.5 Å². The van der Waals surface area contributed by atoms with Crippen LogP contribution in [-0.2, 0) is 11.8 Å². The van der Waals surface area contributed by atoms with Crippen LogP contribution in [0.25, 0.3) is 0 Å². The molecule has 1 N–H and O–H groups in total. The van der Waals surface area contributed by atoms with Crippen LogP contribution in [0.5, 0.6) is 0 Å². The number of amides is 2. The summed E-state index contributed by atoms with van der Waals surface area (Å²) >= 11 is 0. The van der Waals surface area contributed by atoms with Crippen LogP contribution in [0.2, 0.25) is 0 Å². The van der Waals surface area contributed by atoms with Crippen LogP contribution in [0, 0.1) is 12.7 Å². The number of halogens is 1. The number of ether oxygens (including phenoxy) is 1. The number of hydrogen-bond acceptors (Lipinski definition) is 4. The third-order valence-corrected chi connectivity index (χ3v) is 4.47. The normalized spacial score (nSPS) is 18.9. The topological polar surface area (TPSA) is 72.3 Å². The number of morpholine rings is 1. The van der Waals surface area contributed by atoms with Gasteiger partial charge >= 0.3 is 6.03 Å². The van der Waals surface area contributed by atoms with E-state index in [0.717, 1.165) is 5.56 Å². The van der Waals surface area contributed by atoms with Gasteiger partial charge in [0.15, 0.2) is 5.82 Å². The first-order valence-electron chi connectivity index (χ1n) is 8.22. The van der Waals surface area contributed by atoms with Crippen LogP contribution in [-0.4, -0.2) is 45.5 Å². The summed E-state index contributed by atoms with van der Waals surface area (Å²) in [5, 5.41) is 6.99. The van der Waals surface area contributed by atoms with E-state index in [9.17, 15) is 9.18 Å². The summed E-state index contributed by atoms with van der Waals surface area (Å²) in [4.78, 5) is 18.7. The highest BCUT2D eigenvalue weighted by Gasteiger charge is 2.32. The molecule has 25 heavy (non-hydrogen) atoms. The molecule has 2 heterocycles. The highest BCUT2D eigenvalue weighted by Crippen LogP contribution is 2.23. The Labute approximate surface area is 145 Å². The SMILES string of the molecule is Cc1ccc([C@@H](C)NC(=O)N2CCOC[C@@H]2c2ncnn2C)cc1F. The maximum absolute atomic E-state index is 13.8. The average molecular weight is 347 g/mol. The van der Waals surface area contributed by atoms with Crippen molar-refractivity contribution in [3.8, 4) is 0 Å². The summed E-state index contributed by atoms with van der Waals surface area (Å²) in [7, 11) is 1.78. The molecule has 1 aliphatic heterocycles. The summed E-state index contributed by atoms with van der Waals surface area (Å²) in [5.41, 5.74) is 1.30. The summed E-state index contributed by atoms with van der Waals surface area (Å²) in [6.45, 7) is 4.84. The van der Waals surface area contributed by atoms with Crippen molar-refractivity contribution in [3.05, 3.63) is 47.3 Å². The second kappa shape index (κ2) is 7.18. The molecule has 0 unspecified atom stereocenters. The number of hydrogen-bond donors (Lipinski definition) is 1. The quantitative estimate of drug-likeness (QED) is 0.923. The standard InChI is InChI=1S/C17H22FN5O2/c1-11-4-5-13(8-14(11)18)12(2)21-17(24)23-6-7-25-9-15(23)16-19-10-20-22(16)3/h4-5,8,10,12,15H,6-7,9H2,1-3H3,(H,21,24)/t12-,15-/m1/s1. The van der Waals surface area contributed by atoms with E-state index < -0.39 is 0 Å². The van der Waals surface area contributed by atoms with Gasteiger partial charge in [-0.1, -0.05) is 12.1 Å². The minimum atomic E-state index is -0.314. The van der Waals surface area contributed by atoms with Gasteiger partial charge in [0.05, 0.1) is 19.3 Å². The first-order chi connectivity index (χ1) is 12.0. The van der Waals surface area contributed by atoms with E-state index in [1.807, 2.05) is 13.0 Å². The highest BCUT2D eigenvalue weighted by atomic mass is 19.1. The first kappa shape index (κ1) is 17.3. The highest BCUT2D eigenvalue weighted by molar-refractivity contribution is 5.75. The molecule has 0 aliphatic carbocycles. The van der Waals surface area contributed by atoms with E-state index in [4.69, 9.17) is 4.74 Å². The van der Waals surface area contributed by atoms with Crippen molar-refractivity contribution >= 4 is 6.03 Å². The zero-order valence-corrected chi connectivity index (χ0v) is 14.6. The molecule has 0 radical (unpaired) electrons. The zero-order valence-electron chi connectivity index (χ0n) is 14.6. The van der Waals surface area contributed by atoms with Crippen LogP contribution >= 0.6 is 0 Å². The van der Waals surface area contributed by atoms with Crippen LogP contribution in [0.4, 0.5) is 9.18 Å². The third kappa shape index (κ3) is 3.63. The molecule has 0 bridgehead atoms. The maximum atomic E-state index is 13.8. The number of aryl methyl sites for hydroxylation is 2. The second-order valence-electron chi connectivity index (χ2n) is 6.21.